The molecule has 2 nitrogen and oxygen atoms in total. The Kier molecular flexibility index (Phi) is 3.62. The van der Waals surface area contributed by atoms with Gasteiger partial charge in [0.2, 0.25) is 0 Å². The fourth-order valence-electron chi connectivity index (χ4n) is 2.57. The number of hydrogen-bond acceptors (Lipinski definition) is 2. The molecule has 2 unspecified atom stereocenters. The van der Waals surface area contributed by atoms with Crippen LogP contribution in [0.3, 0.4) is 0 Å². The number of aliphatic hydroxyl groups excluding tert-OH is 1. The van der Waals surface area contributed by atoms with Gasteiger partial charge < -0.3 is 10.4 Å². The van der Waals surface area contributed by atoms with Gasteiger partial charge in [0.1, 0.15) is 0 Å². The van der Waals surface area contributed by atoms with Crippen LogP contribution in [0.5, 0.6) is 0 Å². The number of nitrogens with one attached hydrogen (secondary N) is 1. The van der Waals surface area contributed by atoms with Crippen LogP contribution in [0, 0.1) is 0 Å². The van der Waals surface area contributed by atoms with Crippen molar-refractivity contribution in [2.45, 2.75) is 44.7 Å². The van der Waals surface area contributed by atoms with E-state index in [2.05, 4.69) is 36.5 Å². The van der Waals surface area contributed by atoms with E-state index in [1.165, 1.54) is 24.0 Å². The van der Waals surface area contributed by atoms with E-state index in [0.717, 1.165) is 0 Å². The van der Waals surface area contributed by atoms with Crippen molar-refractivity contribution in [1.29, 1.82) is 0 Å². The maximum absolute atomic E-state index is 9.10. The van der Waals surface area contributed by atoms with Crippen LogP contribution in [0.25, 0.3) is 0 Å². The first-order valence-corrected chi connectivity index (χ1v) is 6.18. The van der Waals surface area contributed by atoms with Crippen LogP contribution >= 0.6 is 0 Å². The number of rotatable bonds is 3. The zero-order valence-corrected chi connectivity index (χ0v) is 10.1. The molecule has 1 aliphatic carbocycles. The molecule has 0 saturated carbocycles. The molecule has 0 bridgehead atoms. The van der Waals surface area contributed by atoms with Crippen LogP contribution < -0.4 is 5.32 Å². The highest BCUT2D eigenvalue weighted by Crippen LogP contribution is 2.37. The van der Waals surface area contributed by atoms with Crippen molar-refractivity contribution in [2.24, 2.45) is 0 Å². The maximum Gasteiger partial charge on any atom is 0.0582 e. The maximum atomic E-state index is 9.10. The molecule has 2 rings (SSSR count). The lowest BCUT2D eigenvalue weighted by Gasteiger charge is -2.32. The highest BCUT2D eigenvalue weighted by Gasteiger charge is 2.24. The molecule has 0 aromatic heterocycles. The summed E-state index contributed by atoms with van der Waals surface area (Å²) >= 11 is 0. The standard InChI is InChI=1S/C14H21NO/c1-10-7-8-14(15-11(2)9-16)13-6-4-3-5-12(10)13/h3-6,10-11,14-16H,7-9H2,1-2H3/t10?,11-,14?/m1/s1. The Morgan fingerprint density at radius 1 is 1.31 bits per heavy atom. The second-order valence-electron chi connectivity index (χ2n) is 4.91. The van der Waals surface area contributed by atoms with E-state index in [4.69, 9.17) is 5.11 Å². The van der Waals surface area contributed by atoms with E-state index in [0.29, 0.717) is 12.0 Å². The molecule has 1 aromatic rings. The second kappa shape index (κ2) is 4.98. The summed E-state index contributed by atoms with van der Waals surface area (Å²) in [6.07, 6.45) is 2.40. The van der Waals surface area contributed by atoms with Gasteiger partial charge in [0.15, 0.2) is 0 Å². The average Bonchev–Trinajstić information content (AvgIpc) is 2.33. The molecule has 1 aromatic carbocycles. The van der Waals surface area contributed by atoms with Gasteiger partial charge in [0, 0.05) is 12.1 Å². The van der Waals surface area contributed by atoms with Gasteiger partial charge in [-0.2, -0.15) is 0 Å². The first-order valence-electron chi connectivity index (χ1n) is 6.18. The number of aliphatic hydroxyl groups is 1. The molecule has 0 radical (unpaired) electrons. The Labute approximate surface area is 97.7 Å². The van der Waals surface area contributed by atoms with Gasteiger partial charge in [-0.05, 0) is 36.8 Å². The Morgan fingerprint density at radius 3 is 2.69 bits per heavy atom. The summed E-state index contributed by atoms with van der Waals surface area (Å²) in [5, 5.41) is 12.6. The molecular weight excluding hydrogens is 198 g/mol. The first kappa shape index (κ1) is 11.6. The summed E-state index contributed by atoms with van der Waals surface area (Å²) in [6, 6.07) is 9.26. The summed E-state index contributed by atoms with van der Waals surface area (Å²) in [5.41, 5.74) is 2.89. The van der Waals surface area contributed by atoms with Crippen LogP contribution in [-0.4, -0.2) is 17.8 Å². The molecule has 2 N–H and O–H groups in total. The summed E-state index contributed by atoms with van der Waals surface area (Å²) in [6.45, 7) is 4.53. The molecule has 1 aliphatic rings. The van der Waals surface area contributed by atoms with E-state index in [1.807, 2.05) is 6.92 Å². The lowest BCUT2D eigenvalue weighted by Crippen LogP contribution is -2.35. The Bertz CT molecular complexity index is 350. The van der Waals surface area contributed by atoms with Crippen molar-refractivity contribution >= 4 is 0 Å². The van der Waals surface area contributed by atoms with E-state index in [-0.39, 0.29) is 12.6 Å². The third-order valence-corrected chi connectivity index (χ3v) is 3.55. The van der Waals surface area contributed by atoms with Crippen molar-refractivity contribution in [3.63, 3.8) is 0 Å². The minimum atomic E-state index is 0.173. The normalized spacial score (nSPS) is 26.2. The lowest BCUT2D eigenvalue weighted by atomic mass is 9.81. The third kappa shape index (κ3) is 2.28. The third-order valence-electron chi connectivity index (χ3n) is 3.55. The number of hydrogen-bond donors (Lipinski definition) is 2. The number of fused-ring (bicyclic) bond motifs is 1. The molecule has 0 spiro atoms. The predicted molar refractivity (Wildman–Crippen MR) is 66.5 cm³/mol. The van der Waals surface area contributed by atoms with Gasteiger partial charge in [-0.25, -0.2) is 0 Å². The van der Waals surface area contributed by atoms with Crippen molar-refractivity contribution in [2.75, 3.05) is 6.61 Å². The van der Waals surface area contributed by atoms with E-state index < -0.39 is 0 Å². The SMILES string of the molecule is CC1CCC(N[C@H](C)CO)c2ccccc21. The fourth-order valence-corrected chi connectivity index (χ4v) is 2.57. The molecule has 0 amide bonds. The van der Waals surface area contributed by atoms with Crippen molar-refractivity contribution in [3.8, 4) is 0 Å². The van der Waals surface area contributed by atoms with Gasteiger partial charge in [-0.3, -0.25) is 0 Å². The summed E-state index contributed by atoms with van der Waals surface area (Å²) in [5.74, 6) is 0.665. The predicted octanol–water partition coefficient (Wildman–Crippen LogP) is 2.60. The molecule has 0 fully saturated rings. The van der Waals surface area contributed by atoms with E-state index in [1.54, 1.807) is 0 Å². The molecule has 16 heavy (non-hydrogen) atoms. The van der Waals surface area contributed by atoms with Crippen molar-refractivity contribution in [1.82, 2.24) is 5.32 Å². The minimum absolute atomic E-state index is 0.173. The first-order chi connectivity index (χ1) is 7.72. The van der Waals surface area contributed by atoms with Crippen LogP contribution in [-0.2, 0) is 0 Å². The highest BCUT2D eigenvalue weighted by molar-refractivity contribution is 5.34. The topological polar surface area (TPSA) is 32.3 Å². The largest absolute Gasteiger partial charge is 0.395 e. The summed E-state index contributed by atoms with van der Waals surface area (Å²) < 4.78 is 0. The quantitative estimate of drug-likeness (QED) is 0.819. The molecule has 3 atom stereocenters. The molecular formula is C14H21NO. The molecule has 0 heterocycles. The van der Waals surface area contributed by atoms with Crippen LogP contribution in [0.1, 0.15) is 49.8 Å². The van der Waals surface area contributed by atoms with Crippen molar-refractivity contribution < 1.29 is 5.11 Å². The lowest BCUT2D eigenvalue weighted by molar-refractivity contribution is 0.235. The minimum Gasteiger partial charge on any atom is -0.395 e. The van der Waals surface area contributed by atoms with Gasteiger partial charge in [0.25, 0.3) is 0 Å². The summed E-state index contributed by atoms with van der Waals surface area (Å²) in [4.78, 5) is 0. The van der Waals surface area contributed by atoms with Gasteiger partial charge in [0.05, 0.1) is 6.61 Å². The summed E-state index contributed by atoms with van der Waals surface area (Å²) in [7, 11) is 0. The van der Waals surface area contributed by atoms with Gasteiger partial charge >= 0.3 is 0 Å². The van der Waals surface area contributed by atoms with Gasteiger partial charge in [-0.1, -0.05) is 31.2 Å². The second-order valence-corrected chi connectivity index (χ2v) is 4.91. The van der Waals surface area contributed by atoms with Crippen LogP contribution in [0.4, 0.5) is 0 Å². The Hall–Kier alpha value is -0.860. The van der Waals surface area contributed by atoms with Crippen LogP contribution in [0.15, 0.2) is 24.3 Å². The smallest absolute Gasteiger partial charge is 0.0582 e. The van der Waals surface area contributed by atoms with E-state index >= 15 is 0 Å². The van der Waals surface area contributed by atoms with Gasteiger partial charge in [-0.15, -0.1) is 0 Å². The van der Waals surface area contributed by atoms with E-state index in [9.17, 15) is 0 Å². The average molecular weight is 219 g/mol. The number of benzene rings is 1. The Balaban J connectivity index is 2.21. The Morgan fingerprint density at radius 2 is 2.00 bits per heavy atom. The van der Waals surface area contributed by atoms with Crippen LogP contribution in [0.2, 0.25) is 0 Å². The molecule has 88 valence electrons. The van der Waals surface area contributed by atoms with Crippen molar-refractivity contribution in [3.05, 3.63) is 35.4 Å². The zero-order chi connectivity index (χ0) is 11.5. The molecule has 0 saturated heterocycles. The monoisotopic (exact) mass is 219 g/mol. The molecule has 0 aliphatic heterocycles. The highest BCUT2D eigenvalue weighted by atomic mass is 16.3. The fraction of sp³-hybridized carbons (Fsp3) is 0.571. The molecule has 2 heteroatoms. The zero-order valence-electron chi connectivity index (χ0n) is 10.1.